The molecule has 1 heterocycles. The van der Waals surface area contributed by atoms with Crippen molar-refractivity contribution in [3.05, 3.63) is 97.1 Å². The Morgan fingerprint density at radius 1 is 0.636 bits per heavy atom. The molecule has 0 aliphatic heterocycles. The molecule has 0 saturated heterocycles. The van der Waals surface area contributed by atoms with E-state index in [0.29, 0.717) is 6.04 Å². The topological polar surface area (TPSA) is 38.1 Å². The average molecular weight is 431 g/mol. The van der Waals surface area contributed by atoms with Crippen LogP contribution < -0.4 is 0 Å². The van der Waals surface area contributed by atoms with E-state index >= 15 is 0 Å². The van der Waals surface area contributed by atoms with Crippen LogP contribution in [0.5, 0.6) is 5.75 Å². The van der Waals surface area contributed by atoms with Crippen LogP contribution in [0.25, 0.3) is 44.4 Å². The third-order valence-electron chi connectivity index (χ3n) is 6.84. The summed E-state index contributed by atoms with van der Waals surface area (Å²) in [6.07, 6.45) is 4.86. The number of para-hydroxylation sites is 1. The highest BCUT2D eigenvalue weighted by molar-refractivity contribution is 6.02. The first kappa shape index (κ1) is 19.8. The summed E-state index contributed by atoms with van der Waals surface area (Å²) in [5.41, 5.74) is 8.10. The van der Waals surface area contributed by atoms with Crippen molar-refractivity contribution < 1.29 is 5.11 Å². The molecule has 5 aromatic rings. The summed E-state index contributed by atoms with van der Waals surface area (Å²) in [6, 6.07) is 33.7. The predicted molar refractivity (Wildman–Crippen MR) is 135 cm³/mol. The van der Waals surface area contributed by atoms with Gasteiger partial charge in [-0.1, -0.05) is 85.6 Å². The zero-order chi connectivity index (χ0) is 22.2. The van der Waals surface area contributed by atoms with Gasteiger partial charge in [-0.25, -0.2) is 0 Å². The van der Waals surface area contributed by atoms with Crippen molar-refractivity contribution in [3.63, 3.8) is 0 Å². The van der Waals surface area contributed by atoms with Crippen molar-refractivity contribution in [2.24, 2.45) is 0 Å². The van der Waals surface area contributed by atoms with Gasteiger partial charge in [-0.2, -0.15) is 5.10 Å². The number of phenols is 1. The molecule has 1 aliphatic carbocycles. The summed E-state index contributed by atoms with van der Waals surface area (Å²) in [5.74, 6) is 0.275. The third-order valence-corrected chi connectivity index (χ3v) is 6.84. The number of benzene rings is 4. The Hall–Kier alpha value is -3.85. The number of nitrogens with zero attached hydrogens (tertiary/aromatic N) is 2. The highest BCUT2D eigenvalue weighted by Gasteiger charge is 2.24. The molecular formula is C30H26N2O. The Morgan fingerprint density at radius 3 is 2.00 bits per heavy atom. The van der Waals surface area contributed by atoms with Gasteiger partial charge in [-0.3, -0.25) is 4.68 Å². The second kappa shape index (κ2) is 8.25. The van der Waals surface area contributed by atoms with E-state index in [0.717, 1.165) is 16.6 Å². The maximum atomic E-state index is 9.77. The largest absolute Gasteiger partial charge is 0.508 e. The number of hydrogen-bond donors (Lipinski definition) is 1. The molecule has 3 heteroatoms. The van der Waals surface area contributed by atoms with Crippen LogP contribution in [0.15, 0.2) is 97.1 Å². The fraction of sp³-hybridized carbons (Fsp3) is 0.167. The van der Waals surface area contributed by atoms with Crippen molar-refractivity contribution in [2.75, 3.05) is 0 Å². The highest BCUT2D eigenvalue weighted by atomic mass is 16.3. The second-order valence-corrected chi connectivity index (χ2v) is 8.92. The van der Waals surface area contributed by atoms with Gasteiger partial charge in [0.2, 0.25) is 0 Å². The second-order valence-electron chi connectivity index (χ2n) is 8.92. The van der Waals surface area contributed by atoms with E-state index in [1.165, 1.54) is 53.5 Å². The number of phenolic OH excluding ortho intramolecular Hbond substituents is 1. The molecule has 33 heavy (non-hydrogen) atoms. The van der Waals surface area contributed by atoms with E-state index in [-0.39, 0.29) is 5.75 Å². The van der Waals surface area contributed by atoms with Gasteiger partial charge in [0.05, 0.1) is 11.6 Å². The monoisotopic (exact) mass is 430 g/mol. The van der Waals surface area contributed by atoms with E-state index < -0.39 is 0 Å². The predicted octanol–water partition coefficient (Wildman–Crippen LogP) is 7.86. The summed E-state index contributed by atoms with van der Waals surface area (Å²) in [4.78, 5) is 0. The summed E-state index contributed by atoms with van der Waals surface area (Å²) < 4.78 is 2.28. The molecule has 6 rings (SSSR count). The first-order valence-corrected chi connectivity index (χ1v) is 11.7. The highest BCUT2D eigenvalue weighted by Crippen LogP contribution is 2.40. The van der Waals surface area contributed by atoms with E-state index in [2.05, 4.69) is 77.5 Å². The van der Waals surface area contributed by atoms with Gasteiger partial charge >= 0.3 is 0 Å². The average Bonchev–Trinajstić information content (AvgIpc) is 3.53. The van der Waals surface area contributed by atoms with E-state index in [1.54, 1.807) is 12.1 Å². The molecule has 1 fully saturated rings. The molecule has 0 unspecified atom stereocenters. The third kappa shape index (κ3) is 3.60. The zero-order valence-electron chi connectivity index (χ0n) is 18.5. The molecule has 0 bridgehead atoms. The van der Waals surface area contributed by atoms with Crippen molar-refractivity contribution in [2.45, 2.75) is 31.7 Å². The van der Waals surface area contributed by atoms with Crippen LogP contribution in [0.4, 0.5) is 0 Å². The van der Waals surface area contributed by atoms with E-state index in [1.807, 2.05) is 12.1 Å². The molecule has 0 atom stereocenters. The van der Waals surface area contributed by atoms with E-state index in [9.17, 15) is 5.11 Å². The van der Waals surface area contributed by atoms with Crippen LogP contribution in [-0.4, -0.2) is 14.9 Å². The van der Waals surface area contributed by atoms with E-state index in [4.69, 9.17) is 5.10 Å². The van der Waals surface area contributed by atoms with Gasteiger partial charge in [-0.05, 0) is 53.8 Å². The van der Waals surface area contributed by atoms with Gasteiger partial charge < -0.3 is 5.11 Å². The van der Waals surface area contributed by atoms with Crippen LogP contribution in [0, 0.1) is 0 Å². The van der Waals surface area contributed by atoms with Crippen LogP contribution in [0.1, 0.15) is 31.7 Å². The smallest absolute Gasteiger partial charge is 0.115 e. The number of fused-ring (bicyclic) bond motifs is 1. The Bertz CT molecular complexity index is 1390. The fourth-order valence-electron chi connectivity index (χ4n) is 5.14. The molecule has 1 aliphatic rings. The van der Waals surface area contributed by atoms with Crippen molar-refractivity contribution in [3.8, 4) is 39.3 Å². The summed E-state index contributed by atoms with van der Waals surface area (Å²) in [6.45, 7) is 0. The summed E-state index contributed by atoms with van der Waals surface area (Å²) in [5, 5.41) is 16.1. The molecule has 3 nitrogen and oxygen atoms in total. The minimum Gasteiger partial charge on any atom is -0.508 e. The van der Waals surface area contributed by atoms with Crippen LogP contribution in [0.3, 0.4) is 0 Å². The molecule has 0 radical (unpaired) electrons. The SMILES string of the molecule is Oc1ccc(-c2nn(C3CCCC3)c3c(-c4ccc(-c5ccccc5)cc4)cccc23)cc1. The molecule has 4 aromatic carbocycles. The minimum atomic E-state index is 0.275. The normalized spacial score (nSPS) is 14.2. The molecule has 1 N–H and O–H groups in total. The first-order valence-electron chi connectivity index (χ1n) is 11.7. The lowest BCUT2D eigenvalue weighted by molar-refractivity contribution is 0.475. The molecule has 0 spiro atoms. The van der Waals surface area contributed by atoms with Crippen molar-refractivity contribution in [1.82, 2.24) is 9.78 Å². The van der Waals surface area contributed by atoms with Crippen LogP contribution >= 0.6 is 0 Å². The number of hydrogen-bond acceptors (Lipinski definition) is 2. The molecule has 1 saturated carbocycles. The van der Waals surface area contributed by atoms with Crippen molar-refractivity contribution >= 4 is 10.9 Å². The lowest BCUT2D eigenvalue weighted by atomic mass is 9.97. The Morgan fingerprint density at radius 2 is 1.27 bits per heavy atom. The Labute approximate surface area is 194 Å². The quantitative estimate of drug-likeness (QED) is 0.315. The maximum absolute atomic E-state index is 9.77. The maximum Gasteiger partial charge on any atom is 0.115 e. The van der Waals surface area contributed by atoms with Gasteiger partial charge in [0, 0.05) is 16.5 Å². The van der Waals surface area contributed by atoms with Gasteiger partial charge in [0.1, 0.15) is 11.4 Å². The summed E-state index contributed by atoms with van der Waals surface area (Å²) in [7, 11) is 0. The van der Waals surface area contributed by atoms with Gasteiger partial charge in [0.25, 0.3) is 0 Å². The number of rotatable bonds is 4. The Kier molecular flexibility index (Phi) is 4.95. The summed E-state index contributed by atoms with van der Waals surface area (Å²) >= 11 is 0. The van der Waals surface area contributed by atoms with Gasteiger partial charge in [0.15, 0.2) is 0 Å². The minimum absolute atomic E-state index is 0.275. The van der Waals surface area contributed by atoms with Gasteiger partial charge in [-0.15, -0.1) is 0 Å². The Balaban J connectivity index is 1.52. The zero-order valence-corrected chi connectivity index (χ0v) is 18.5. The lowest BCUT2D eigenvalue weighted by Gasteiger charge is -2.14. The first-order chi connectivity index (χ1) is 16.3. The number of aromatic hydroxyl groups is 1. The standard InChI is InChI=1S/C30H26N2O/c33-26-19-17-24(18-20-26)29-28-12-6-11-27(30(28)32(31-29)25-9-4-5-10-25)23-15-13-22(14-16-23)21-7-2-1-3-8-21/h1-3,6-8,11-20,25,33H,4-5,9-10H2. The molecule has 1 aromatic heterocycles. The fourth-order valence-corrected chi connectivity index (χ4v) is 5.14. The van der Waals surface area contributed by atoms with Crippen LogP contribution in [-0.2, 0) is 0 Å². The molecular weight excluding hydrogens is 404 g/mol. The molecule has 0 amide bonds. The van der Waals surface area contributed by atoms with Crippen LogP contribution in [0.2, 0.25) is 0 Å². The number of aromatic nitrogens is 2. The lowest BCUT2D eigenvalue weighted by Crippen LogP contribution is -2.07. The van der Waals surface area contributed by atoms with Crippen molar-refractivity contribution in [1.29, 1.82) is 0 Å². The molecule has 162 valence electrons.